The molecule has 1 aliphatic rings. The number of methoxy groups -OCH3 is 1. The molecule has 0 fully saturated rings. The highest BCUT2D eigenvalue weighted by molar-refractivity contribution is 5.94. The SMILES string of the molecule is CC[C@H](C)[C@@H]([C@@H](CC(=O)Oc1c(F)c(F)c(F)c(F)c1F)OC)N(C)C(=O)[C@@H](CC(=O)C(C)(C)N(C)C(=O)OCC1c2ccccc2-c2ccccc21)C(C)C. The minimum absolute atomic E-state index is 0.0478. The van der Waals surface area contributed by atoms with Crippen LogP contribution in [-0.4, -0.2) is 79.0 Å². The first-order valence-electron chi connectivity index (χ1n) is 18.4. The van der Waals surface area contributed by atoms with Crippen molar-refractivity contribution in [1.29, 1.82) is 0 Å². The Morgan fingerprint density at radius 2 is 1.29 bits per heavy atom. The molecular weight excluding hydrogens is 739 g/mol. The van der Waals surface area contributed by atoms with E-state index < -0.39 is 88.6 Å². The van der Waals surface area contributed by atoms with Crippen LogP contribution in [0.3, 0.4) is 0 Å². The van der Waals surface area contributed by atoms with Crippen molar-refractivity contribution in [2.24, 2.45) is 17.8 Å². The molecule has 2 amide bonds. The number of nitrogens with zero attached hydrogens (tertiary/aromatic N) is 2. The quantitative estimate of drug-likeness (QED) is 0.0472. The molecule has 0 radical (unpaired) electrons. The van der Waals surface area contributed by atoms with E-state index in [1.54, 1.807) is 34.6 Å². The van der Waals surface area contributed by atoms with Gasteiger partial charge in [0.2, 0.25) is 40.7 Å². The normalized spacial score (nSPS) is 14.7. The molecule has 4 atom stereocenters. The Bertz CT molecular complexity index is 1880. The number of esters is 1. The lowest BCUT2D eigenvalue weighted by Crippen LogP contribution is -2.54. The molecule has 0 aliphatic heterocycles. The van der Waals surface area contributed by atoms with Crippen LogP contribution in [-0.2, 0) is 23.9 Å². The van der Waals surface area contributed by atoms with E-state index in [-0.39, 0.29) is 30.8 Å². The zero-order valence-corrected chi connectivity index (χ0v) is 33.1. The minimum Gasteiger partial charge on any atom is -0.448 e. The van der Waals surface area contributed by atoms with Gasteiger partial charge in [0.25, 0.3) is 0 Å². The van der Waals surface area contributed by atoms with Crippen LogP contribution >= 0.6 is 0 Å². The Hall–Kier alpha value is -4.85. The molecule has 3 aromatic carbocycles. The Balaban J connectivity index is 1.47. The smallest absolute Gasteiger partial charge is 0.410 e. The lowest BCUT2D eigenvalue weighted by molar-refractivity contribution is -0.149. The van der Waals surface area contributed by atoms with Crippen molar-refractivity contribution in [3.63, 3.8) is 0 Å². The van der Waals surface area contributed by atoms with Crippen LogP contribution in [0.15, 0.2) is 48.5 Å². The molecule has 14 heteroatoms. The largest absolute Gasteiger partial charge is 0.448 e. The molecule has 4 rings (SSSR count). The summed E-state index contributed by atoms with van der Waals surface area (Å²) in [7, 11) is 4.16. The van der Waals surface area contributed by atoms with Crippen molar-refractivity contribution in [3.8, 4) is 16.9 Å². The van der Waals surface area contributed by atoms with Crippen LogP contribution in [0.1, 0.15) is 77.8 Å². The molecule has 1 aliphatic carbocycles. The van der Waals surface area contributed by atoms with E-state index in [4.69, 9.17) is 9.47 Å². The monoisotopic (exact) mass is 788 g/mol. The highest BCUT2D eigenvalue weighted by Gasteiger charge is 2.43. The van der Waals surface area contributed by atoms with Gasteiger partial charge < -0.3 is 19.1 Å². The fraction of sp³-hybridized carbons (Fsp3) is 0.476. The summed E-state index contributed by atoms with van der Waals surface area (Å²) >= 11 is 0. The van der Waals surface area contributed by atoms with E-state index in [0.29, 0.717) is 6.42 Å². The molecule has 0 spiro atoms. The number of ether oxygens (including phenoxy) is 3. The summed E-state index contributed by atoms with van der Waals surface area (Å²) in [4.78, 5) is 57.1. The van der Waals surface area contributed by atoms with E-state index in [9.17, 15) is 41.1 Å². The van der Waals surface area contributed by atoms with Crippen LogP contribution in [0.4, 0.5) is 26.7 Å². The number of fused-ring (bicyclic) bond motifs is 3. The second-order valence-corrected chi connectivity index (χ2v) is 15.1. The third-order valence-electron chi connectivity index (χ3n) is 11.1. The van der Waals surface area contributed by atoms with E-state index >= 15 is 0 Å². The van der Waals surface area contributed by atoms with Gasteiger partial charge in [-0.1, -0.05) is 82.6 Å². The molecular formula is C42H49F5N2O7. The standard InChI is InChI=1S/C42H49F5N2O7/c1-10-23(4)38(30(54-9)20-32(51)56-39-36(46)34(44)33(43)35(45)37(39)47)48(7)40(52)28(22(2)3)19-31(50)42(5,6)49(8)41(53)55-21-29-26-17-13-11-15-24(26)25-16-12-14-18-27(25)29/h11-18,22-23,28-30,38H,10,19-21H2,1-9H3/t23-,28-,30+,38-/m0/s1. The van der Waals surface area contributed by atoms with E-state index in [1.807, 2.05) is 55.5 Å². The maximum absolute atomic E-state index is 14.3. The highest BCUT2D eigenvalue weighted by atomic mass is 19.2. The topological polar surface area (TPSA) is 102 Å². The van der Waals surface area contributed by atoms with Crippen molar-refractivity contribution in [3.05, 3.63) is 88.7 Å². The van der Waals surface area contributed by atoms with Crippen LogP contribution < -0.4 is 4.74 Å². The number of rotatable bonds is 16. The summed E-state index contributed by atoms with van der Waals surface area (Å²) in [5.74, 6) is -17.4. The Labute approximate surface area is 324 Å². The first-order chi connectivity index (χ1) is 26.3. The molecule has 0 unspecified atom stereocenters. The summed E-state index contributed by atoms with van der Waals surface area (Å²) in [6.07, 6.45) is -2.40. The van der Waals surface area contributed by atoms with Crippen molar-refractivity contribution in [1.82, 2.24) is 9.80 Å². The zero-order chi connectivity index (χ0) is 41.8. The zero-order valence-electron chi connectivity index (χ0n) is 33.1. The van der Waals surface area contributed by atoms with Gasteiger partial charge in [-0.25, -0.2) is 18.0 Å². The molecule has 0 aromatic heterocycles. The Morgan fingerprint density at radius 1 is 0.786 bits per heavy atom. The molecule has 304 valence electrons. The van der Waals surface area contributed by atoms with Crippen molar-refractivity contribution >= 4 is 23.8 Å². The van der Waals surface area contributed by atoms with Crippen molar-refractivity contribution in [2.45, 2.75) is 84.4 Å². The highest BCUT2D eigenvalue weighted by Crippen LogP contribution is 2.44. The maximum atomic E-state index is 14.3. The van der Waals surface area contributed by atoms with Gasteiger partial charge in [0.15, 0.2) is 5.78 Å². The van der Waals surface area contributed by atoms with Crippen molar-refractivity contribution in [2.75, 3.05) is 27.8 Å². The third-order valence-corrected chi connectivity index (χ3v) is 11.1. The van der Waals surface area contributed by atoms with Gasteiger partial charge in [-0.2, -0.15) is 8.78 Å². The number of hydrogen-bond acceptors (Lipinski definition) is 7. The van der Waals surface area contributed by atoms with Gasteiger partial charge in [-0.15, -0.1) is 0 Å². The molecule has 3 aromatic rings. The molecule has 0 N–H and O–H groups in total. The van der Waals surface area contributed by atoms with Gasteiger partial charge in [-0.3, -0.25) is 19.3 Å². The van der Waals surface area contributed by atoms with Crippen LogP contribution in [0.25, 0.3) is 11.1 Å². The van der Waals surface area contributed by atoms with Gasteiger partial charge in [0.05, 0.1) is 24.1 Å². The number of amides is 2. The van der Waals surface area contributed by atoms with Crippen LogP contribution in [0.5, 0.6) is 5.75 Å². The van der Waals surface area contributed by atoms with Gasteiger partial charge >= 0.3 is 12.1 Å². The molecule has 9 nitrogen and oxygen atoms in total. The lowest BCUT2D eigenvalue weighted by atomic mass is 9.82. The van der Waals surface area contributed by atoms with Gasteiger partial charge in [-0.05, 0) is 47.9 Å². The second kappa shape index (κ2) is 18.0. The van der Waals surface area contributed by atoms with Crippen LogP contribution in [0, 0.1) is 46.8 Å². The van der Waals surface area contributed by atoms with Crippen LogP contribution in [0.2, 0.25) is 0 Å². The predicted molar refractivity (Wildman–Crippen MR) is 198 cm³/mol. The molecule has 56 heavy (non-hydrogen) atoms. The number of likely N-dealkylation sites (N-methyl/N-ethyl adjacent to an activating group) is 2. The first kappa shape index (κ1) is 43.9. The predicted octanol–water partition coefficient (Wildman–Crippen LogP) is 8.46. The fourth-order valence-electron chi connectivity index (χ4n) is 7.15. The number of Topliss-reactive ketones (excluding diaryl/α,β-unsaturated/α-hetero) is 1. The first-order valence-corrected chi connectivity index (χ1v) is 18.4. The average Bonchev–Trinajstić information content (AvgIpc) is 3.50. The van der Waals surface area contributed by atoms with E-state index in [1.165, 1.54) is 31.0 Å². The number of carbonyl (C=O) groups is 4. The maximum Gasteiger partial charge on any atom is 0.410 e. The summed E-state index contributed by atoms with van der Waals surface area (Å²) in [6.45, 7) is 10.3. The molecule has 0 heterocycles. The number of carbonyl (C=O) groups excluding carboxylic acids is 4. The van der Waals surface area contributed by atoms with Crippen molar-refractivity contribution < 1.29 is 55.3 Å². The molecule has 0 saturated carbocycles. The van der Waals surface area contributed by atoms with Gasteiger partial charge in [0.1, 0.15) is 6.61 Å². The summed E-state index contributed by atoms with van der Waals surface area (Å²) in [5, 5.41) is 0. The summed E-state index contributed by atoms with van der Waals surface area (Å²) in [5.41, 5.74) is 2.81. The van der Waals surface area contributed by atoms with E-state index in [0.717, 1.165) is 22.3 Å². The number of halogens is 5. The Morgan fingerprint density at radius 3 is 1.77 bits per heavy atom. The number of benzene rings is 3. The number of hydrogen-bond donors (Lipinski definition) is 0. The molecule has 0 saturated heterocycles. The lowest BCUT2D eigenvalue weighted by Gasteiger charge is -2.40. The number of ketones is 1. The summed E-state index contributed by atoms with van der Waals surface area (Å²) < 4.78 is 85.6. The van der Waals surface area contributed by atoms with Gasteiger partial charge in [0, 0.05) is 39.5 Å². The third kappa shape index (κ3) is 8.75. The minimum atomic E-state index is -2.41. The second-order valence-electron chi connectivity index (χ2n) is 15.1. The summed E-state index contributed by atoms with van der Waals surface area (Å²) in [6, 6.07) is 14.9. The fourth-order valence-corrected chi connectivity index (χ4v) is 7.15. The Kier molecular flexibility index (Phi) is 14.1. The van der Waals surface area contributed by atoms with E-state index in [2.05, 4.69) is 4.74 Å². The molecule has 0 bridgehead atoms. The average molecular weight is 789 g/mol.